The van der Waals surface area contributed by atoms with Crippen LogP contribution in [0.1, 0.15) is 52.2 Å². The summed E-state index contributed by atoms with van der Waals surface area (Å²) < 4.78 is 11.1. The van der Waals surface area contributed by atoms with Gasteiger partial charge < -0.3 is 14.8 Å². The van der Waals surface area contributed by atoms with Crippen LogP contribution >= 0.6 is 0 Å². The first-order valence-electron chi connectivity index (χ1n) is 11.4. The molecule has 0 aliphatic carbocycles. The van der Waals surface area contributed by atoms with Crippen LogP contribution in [0.3, 0.4) is 0 Å². The first kappa shape index (κ1) is 24.5. The molecule has 0 unspecified atom stereocenters. The lowest BCUT2D eigenvalue weighted by atomic mass is 9.87. The van der Waals surface area contributed by atoms with Crippen LogP contribution in [-0.4, -0.2) is 43.1 Å². The van der Waals surface area contributed by atoms with Gasteiger partial charge in [-0.3, -0.25) is 14.5 Å². The van der Waals surface area contributed by atoms with Gasteiger partial charge in [0.25, 0.3) is 11.8 Å². The van der Waals surface area contributed by atoms with Gasteiger partial charge in [0, 0.05) is 24.4 Å². The third-order valence-electron chi connectivity index (χ3n) is 5.54. The Labute approximate surface area is 196 Å². The second kappa shape index (κ2) is 10.2. The second-order valence-corrected chi connectivity index (χ2v) is 9.44. The Balaban J connectivity index is 1.94. The van der Waals surface area contributed by atoms with Crippen LogP contribution in [0.15, 0.2) is 54.2 Å². The zero-order valence-electron chi connectivity index (χ0n) is 20.4. The fourth-order valence-electron chi connectivity index (χ4n) is 3.74. The van der Waals surface area contributed by atoms with E-state index in [0.29, 0.717) is 29.9 Å². The molecule has 3 rings (SSSR count). The molecule has 0 fully saturated rings. The van der Waals surface area contributed by atoms with Crippen molar-refractivity contribution < 1.29 is 19.1 Å². The summed E-state index contributed by atoms with van der Waals surface area (Å²) in [6.45, 7) is 11.1. The Morgan fingerprint density at radius 3 is 2.24 bits per heavy atom. The largest absolute Gasteiger partial charge is 0.496 e. The van der Waals surface area contributed by atoms with Crippen molar-refractivity contribution in [2.45, 2.75) is 52.6 Å². The Kier molecular flexibility index (Phi) is 7.59. The SMILES string of the molecule is COc1ccccc1C1=C(Nc2ccc(C(C)(C)C)cc2)C(=O)N(CCCOC(C)C)C1=O. The number of imide groups is 1. The predicted octanol–water partition coefficient (Wildman–Crippen LogP) is 5.00. The molecule has 1 heterocycles. The molecule has 2 aromatic rings. The van der Waals surface area contributed by atoms with Crippen molar-refractivity contribution in [3.8, 4) is 5.75 Å². The molecule has 6 nitrogen and oxygen atoms in total. The lowest BCUT2D eigenvalue weighted by molar-refractivity contribution is -0.137. The number of amides is 2. The van der Waals surface area contributed by atoms with Gasteiger partial charge in [-0.2, -0.15) is 0 Å². The number of benzene rings is 2. The van der Waals surface area contributed by atoms with E-state index in [-0.39, 0.29) is 35.6 Å². The summed E-state index contributed by atoms with van der Waals surface area (Å²) in [5.41, 5.74) is 3.13. The molecule has 33 heavy (non-hydrogen) atoms. The molecule has 0 bridgehead atoms. The number of methoxy groups -OCH3 is 1. The maximum atomic E-state index is 13.4. The van der Waals surface area contributed by atoms with Crippen molar-refractivity contribution in [1.82, 2.24) is 4.90 Å². The summed E-state index contributed by atoms with van der Waals surface area (Å²) in [4.78, 5) is 28.1. The number of nitrogens with zero attached hydrogens (tertiary/aromatic N) is 1. The molecule has 0 aromatic heterocycles. The fourth-order valence-corrected chi connectivity index (χ4v) is 3.74. The quantitative estimate of drug-likeness (QED) is 0.430. The van der Waals surface area contributed by atoms with Crippen LogP contribution in [0.25, 0.3) is 5.57 Å². The van der Waals surface area contributed by atoms with Crippen LogP contribution in [0, 0.1) is 0 Å². The molecule has 1 N–H and O–H groups in total. The van der Waals surface area contributed by atoms with Gasteiger partial charge in [0.05, 0.1) is 18.8 Å². The molecule has 0 saturated heterocycles. The minimum Gasteiger partial charge on any atom is -0.496 e. The summed E-state index contributed by atoms with van der Waals surface area (Å²) in [5.74, 6) is -0.130. The average Bonchev–Trinajstić information content (AvgIpc) is 3.00. The van der Waals surface area contributed by atoms with Crippen LogP contribution in [0.5, 0.6) is 5.75 Å². The Bertz CT molecular complexity index is 1030. The molecule has 0 saturated carbocycles. The molecular weight excluding hydrogens is 416 g/mol. The zero-order valence-corrected chi connectivity index (χ0v) is 20.4. The van der Waals surface area contributed by atoms with Crippen LogP contribution in [0.4, 0.5) is 5.69 Å². The summed E-state index contributed by atoms with van der Waals surface area (Å²) in [5, 5.41) is 3.22. The van der Waals surface area contributed by atoms with Gasteiger partial charge in [-0.1, -0.05) is 51.1 Å². The molecule has 2 aromatic carbocycles. The minimum atomic E-state index is -0.342. The van der Waals surface area contributed by atoms with E-state index in [9.17, 15) is 9.59 Å². The van der Waals surface area contributed by atoms with E-state index >= 15 is 0 Å². The number of anilines is 1. The van der Waals surface area contributed by atoms with Gasteiger partial charge in [-0.25, -0.2) is 0 Å². The lowest BCUT2D eigenvalue weighted by Gasteiger charge is -2.19. The molecule has 176 valence electrons. The Morgan fingerprint density at radius 1 is 0.970 bits per heavy atom. The highest BCUT2D eigenvalue weighted by atomic mass is 16.5. The van der Waals surface area contributed by atoms with Crippen LogP contribution < -0.4 is 10.1 Å². The van der Waals surface area contributed by atoms with E-state index in [4.69, 9.17) is 9.47 Å². The van der Waals surface area contributed by atoms with E-state index in [0.717, 1.165) is 5.69 Å². The van der Waals surface area contributed by atoms with E-state index < -0.39 is 0 Å². The number of para-hydroxylation sites is 1. The molecule has 6 heteroatoms. The summed E-state index contributed by atoms with van der Waals surface area (Å²) in [7, 11) is 1.56. The fraction of sp³-hybridized carbons (Fsp3) is 0.407. The number of hydrogen-bond acceptors (Lipinski definition) is 5. The highest BCUT2D eigenvalue weighted by molar-refractivity contribution is 6.37. The lowest BCUT2D eigenvalue weighted by Crippen LogP contribution is -2.34. The van der Waals surface area contributed by atoms with E-state index in [1.807, 2.05) is 50.2 Å². The van der Waals surface area contributed by atoms with E-state index in [1.54, 1.807) is 19.2 Å². The Morgan fingerprint density at radius 2 is 1.64 bits per heavy atom. The normalized spacial score (nSPS) is 14.5. The molecule has 0 spiro atoms. The van der Waals surface area contributed by atoms with Gasteiger partial charge in [-0.05, 0) is 49.4 Å². The van der Waals surface area contributed by atoms with Crippen molar-refractivity contribution in [3.63, 3.8) is 0 Å². The summed E-state index contributed by atoms with van der Waals surface area (Å²) in [6.07, 6.45) is 0.674. The molecule has 0 radical (unpaired) electrons. The second-order valence-electron chi connectivity index (χ2n) is 9.44. The van der Waals surface area contributed by atoms with Gasteiger partial charge in [0.1, 0.15) is 11.4 Å². The molecule has 1 aliphatic rings. The van der Waals surface area contributed by atoms with Gasteiger partial charge in [0.15, 0.2) is 0 Å². The zero-order chi connectivity index (χ0) is 24.2. The van der Waals surface area contributed by atoms with Gasteiger partial charge in [-0.15, -0.1) is 0 Å². The number of carbonyl (C=O) groups excluding carboxylic acids is 2. The molecule has 1 aliphatic heterocycles. The minimum absolute atomic E-state index is 0.0222. The summed E-state index contributed by atoms with van der Waals surface area (Å²) in [6, 6.07) is 15.2. The Hall–Kier alpha value is -3.12. The average molecular weight is 451 g/mol. The van der Waals surface area contributed by atoms with Crippen molar-refractivity contribution >= 4 is 23.1 Å². The molecule has 2 amide bonds. The highest BCUT2D eigenvalue weighted by Crippen LogP contribution is 2.35. The number of nitrogens with one attached hydrogen (secondary N) is 1. The van der Waals surface area contributed by atoms with Crippen molar-refractivity contribution in [2.75, 3.05) is 25.6 Å². The van der Waals surface area contributed by atoms with E-state index in [1.165, 1.54) is 10.5 Å². The molecule has 0 atom stereocenters. The van der Waals surface area contributed by atoms with Crippen molar-refractivity contribution in [2.24, 2.45) is 0 Å². The topological polar surface area (TPSA) is 67.9 Å². The number of ether oxygens (including phenoxy) is 2. The highest BCUT2D eigenvalue weighted by Gasteiger charge is 2.40. The third-order valence-corrected chi connectivity index (χ3v) is 5.54. The number of hydrogen-bond donors (Lipinski definition) is 1. The first-order chi connectivity index (χ1) is 15.6. The van der Waals surface area contributed by atoms with Crippen LogP contribution in [0.2, 0.25) is 0 Å². The van der Waals surface area contributed by atoms with Crippen LogP contribution in [-0.2, 0) is 19.7 Å². The maximum absolute atomic E-state index is 13.4. The monoisotopic (exact) mass is 450 g/mol. The maximum Gasteiger partial charge on any atom is 0.278 e. The van der Waals surface area contributed by atoms with Gasteiger partial charge in [0.2, 0.25) is 0 Å². The third kappa shape index (κ3) is 5.63. The van der Waals surface area contributed by atoms with E-state index in [2.05, 4.69) is 26.1 Å². The van der Waals surface area contributed by atoms with Crippen molar-refractivity contribution in [3.05, 3.63) is 65.4 Å². The first-order valence-corrected chi connectivity index (χ1v) is 11.4. The van der Waals surface area contributed by atoms with Crippen molar-refractivity contribution in [1.29, 1.82) is 0 Å². The number of carbonyl (C=O) groups is 2. The number of rotatable bonds is 9. The molecular formula is C27H34N2O4. The predicted molar refractivity (Wildman–Crippen MR) is 131 cm³/mol. The van der Waals surface area contributed by atoms with Gasteiger partial charge >= 0.3 is 0 Å². The summed E-state index contributed by atoms with van der Waals surface area (Å²) >= 11 is 0. The smallest absolute Gasteiger partial charge is 0.278 e. The standard InChI is InChI=1S/C27H34N2O4/c1-18(2)33-17-9-16-29-25(30)23(21-10-7-8-11-22(21)32-6)24(26(29)31)28-20-14-12-19(13-15-20)27(3,4)5/h7-8,10-15,18,28H,9,16-17H2,1-6H3.